The Hall–Kier alpha value is -0.570. The van der Waals surface area contributed by atoms with E-state index in [2.05, 4.69) is 34.4 Å². The number of carbonyl (C=O) groups is 1. The van der Waals surface area contributed by atoms with Crippen molar-refractivity contribution in [1.29, 1.82) is 0 Å². The van der Waals surface area contributed by atoms with Crippen molar-refractivity contribution in [2.24, 2.45) is 4.99 Å². The molecule has 0 aromatic heterocycles. The summed E-state index contributed by atoms with van der Waals surface area (Å²) in [5, 5.41) is 6.76. The molecule has 0 aromatic rings. The van der Waals surface area contributed by atoms with E-state index in [0.717, 1.165) is 64.0 Å². The number of aliphatic imine (C=N–C) groups is 1. The number of guanidine groups is 1. The lowest BCUT2D eigenvalue weighted by molar-refractivity contribution is -0.127. The van der Waals surface area contributed by atoms with Gasteiger partial charge in [0, 0.05) is 45.2 Å². The first-order valence-corrected chi connectivity index (χ1v) is 10.7. The van der Waals surface area contributed by atoms with Gasteiger partial charge in [-0.05, 0) is 65.5 Å². The van der Waals surface area contributed by atoms with E-state index in [4.69, 9.17) is 0 Å². The monoisotopic (exact) mass is 493 g/mol. The molecule has 1 unspecified atom stereocenters. The Morgan fingerprint density at radius 3 is 2.67 bits per heavy atom. The second-order valence-corrected chi connectivity index (χ2v) is 7.61. The fourth-order valence-corrected chi connectivity index (χ4v) is 3.87. The van der Waals surface area contributed by atoms with Crippen LogP contribution in [-0.2, 0) is 4.79 Å². The van der Waals surface area contributed by atoms with Crippen LogP contribution in [0.15, 0.2) is 4.99 Å². The third kappa shape index (κ3) is 9.45. The fourth-order valence-electron chi connectivity index (χ4n) is 3.87. The van der Waals surface area contributed by atoms with Crippen molar-refractivity contribution in [2.45, 2.75) is 71.3 Å². The molecule has 2 fully saturated rings. The van der Waals surface area contributed by atoms with Crippen LogP contribution in [0.5, 0.6) is 0 Å². The summed E-state index contributed by atoms with van der Waals surface area (Å²) < 4.78 is 0. The maximum Gasteiger partial charge on any atom is 0.222 e. The summed E-state index contributed by atoms with van der Waals surface area (Å²) in [5.74, 6) is 1.22. The second kappa shape index (κ2) is 14.4. The van der Waals surface area contributed by atoms with Crippen LogP contribution in [0, 0.1) is 0 Å². The number of unbranched alkanes of at least 4 members (excludes halogenated alkanes) is 1. The van der Waals surface area contributed by atoms with Crippen LogP contribution < -0.4 is 10.6 Å². The van der Waals surface area contributed by atoms with Gasteiger partial charge in [0.05, 0.1) is 0 Å². The summed E-state index contributed by atoms with van der Waals surface area (Å²) in [7, 11) is 0. The van der Waals surface area contributed by atoms with Crippen molar-refractivity contribution in [2.75, 3.05) is 45.8 Å². The molecule has 2 N–H and O–H groups in total. The Bertz CT molecular complexity index is 446. The first kappa shape index (κ1) is 24.5. The number of amides is 1. The van der Waals surface area contributed by atoms with Crippen LogP contribution in [0.25, 0.3) is 0 Å². The van der Waals surface area contributed by atoms with Gasteiger partial charge in [0.2, 0.25) is 5.91 Å². The summed E-state index contributed by atoms with van der Waals surface area (Å²) >= 11 is 0. The number of carbonyl (C=O) groups excluding carboxylic acids is 1. The smallest absolute Gasteiger partial charge is 0.222 e. The Labute approximate surface area is 182 Å². The van der Waals surface area contributed by atoms with E-state index in [-0.39, 0.29) is 24.0 Å². The van der Waals surface area contributed by atoms with E-state index < -0.39 is 0 Å². The number of nitrogens with zero attached hydrogens (tertiary/aromatic N) is 3. The SMILES string of the molecule is CCNC(=NCCCN1CCCC1=O)NCCCCN1CCCCC1C.I. The normalized spacial score (nSPS) is 21.3. The molecule has 2 rings (SSSR count). The molecule has 2 heterocycles. The number of nitrogens with one attached hydrogen (secondary N) is 2. The standard InChI is InChI=1S/C20H39N5O.HI/c1-3-21-20(23-13-9-17-25-16-8-11-19(25)26)22-12-5-7-15-24-14-6-4-10-18(24)2;/h18H,3-17H2,1-2H3,(H2,21,22,23);1H. The molecule has 2 aliphatic heterocycles. The van der Waals surface area contributed by atoms with Gasteiger partial charge in [-0.2, -0.15) is 0 Å². The van der Waals surface area contributed by atoms with Crippen molar-refractivity contribution in [3.05, 3.63) is 0 Å². The average molecular weight is 493 g/mol. The van der Waals surface area contributed by atoms with Crippen LogP contribution in [-0.4, -0.2) is 73.5 Å². The molecule has 0 bridgehead atoms. The van der Waals surface area contributed by atoms with Gasteiger partial charge in [-0.3, -0.25) is 9.79 Å². The van der Waals surface area contributed by atoms with E-state index in [9.17, 15) is 4.79 Å². The third-order valence-electron chi connectivity index (χ3n) is 5.48. The minimum Gasteiger partial charge on any atom is -0.357 e. The maximum absolute atomic E-state index is 11.6. The van der Waals surface area contributed by atoms with Gasteiger partial charge in [-0.1, -0.05) is 6.42 Å². The van der Waals surface area contributed by atoms with Gasteiger partial charge in [0.15, 0.2) is 5.96 Å². The lowest BCUT2D eigenvalue weighted by atomic mass is 10.0. The molecule has 0 saturated carbocycles. The summed E-state index contributed by atoms with van der Waals surface area (Å²) in [6, 6.07) is 0.762. The van der Waals surface area contributed by atoms with E-state index in [1.165, 1.54) is 45.2 Å². The highest BCUT2D eigenvalue weighted by Gasteiger charge is 2.19. The van der Waals surface area contributed by atoms with E-state index in [0.29, 0.717) is 5.91 Å². The molecule has 0 spiro atoms. The molecule has 27 heavy (non-hydrogen) atoms. The first-order valence-electron chi connectivity index (χ1n) is 10.7. The molecule has 2 aliphatic rings. The molecule has 1 amide bonds. The minimum atomic E-state index is 0. The molecule has 0 radical (unpaired) electrons. The summed E-state index contributed by atoms with van der Waals surface area (Å²) in [6.45, 7) is 11.3. The molecular weight excluding hydrogens is 453 g/mol. The van der Waals surface area contributed by atoms with Crippen molar-refractivity contribution in [1.82, 2.24) is 20.4 Å². The van der Waals surface area contributed by atoms with E-state index >= 15 is 0 Å². The Morgan fingerprint density at radius 2 is 1.96 bits per heavy atom. The number of rotatable bonds is 10. The lowest BCUT2D eigenvalue weighted by Crippen LogP contribution is -2.39. The molecule has 7 heteroatoms. The van der Waals surface area contributed by atoms with Gasteiger partial charge in [-0.25, -0.2) is 0 Å². The summed E-state index contributed by atoms with van der Waals surface area (Å²) in [5.41, 5.74) is 0. The lowest BCUT2D eigenvalue weighted by Gasteiger charge is -2.33. The molecule has 2 saturated heterocycles. The number of hydrogen-bond acceptors (Lipinski definition) is 3. The Balaban J connectivity index is 0.00000364. The number of hydrogen-bond donors (Lipinski definition) is 2. The Morgan fingerprint density at radius 1 is 1.11 bits per heavy atom. The molecule has 1 atom stereocenters. The molecular formula is C20H40IN5O. The van der Waals surface area contributed by atoms with Gasteiger partial charge < -0.3 is 20.4 Å². The van der Waals surface area contributed by atoms with Crippen molar-refractivity contribution in [3.8, 4) is 0 Å². The zero-order valence-electron chi connectivity index (χ0n) is 17.3. The number of halogens is 1. The molecule has 158 valence electrons. The van der Waals surface area contributed by atoms with Crippen LogP contribution in [0.3, 0.4) is 0 Å². The van der Waals surface area contributed by atoms with Gasteiger partial charge in [-0.15, -0.1) is 24.0 Å². The number of likely N-dealkylation sites (tertiary alicyclic amines) is 2. The molecule has 0 aliphatic carbocycles. The maximum atomic E-state index is 11.6. The van der Waals surface area contributed by atoms with Crippen molar-refractivity contribution >= 4 is 35.8 Å². The van der Waals surface area contributed by atoms with E-state index in [1.807, 2.05) is 4.90 Å². The predicted octanol–water partition coefficient (Wildman–Crippen LogP) is 2.83. The third-order valence-corrected chi connectivity index (χ3v) is 5.48. The average Bonchev–Trinajstić information content (AvgIpc) is 3.04. The van der Waals surface area contributed by atoms with E-state index in [1.54, 1.807) is 0 Å². The topological polar surface area (TPSA) is 60.0 Å². The van der Waals surface area contributed by atoms with Gasteiger partial charge >= 0.3 is 0 Å². The largest absolute Gasteiger partial charge is 0.357 e. The van der Waals surface area contributed by atoms with Crippen LogP contribution >= 0.6 is 24.0 Å². The minimum absolute atomic E-state index is 0. The second-order valence-electron chi connectivity index (χ2n) is 7.61. The van der Waals surface area contributed by atoms with Crippen molar-refractivity contribution < 1.29 is 4.79 Å². The Kier molecular flexibility index (Phi) is 13.1. The van der Waals surface area contributed by atoms with Gasteiger partial charge in [0.25, 0.3) is 0 Å². The highest BCUT2D eigenvalue weighted by Crippen LogP contribution is 2.16. The summed E-state index contributed by atoms with van der Waals surface area (Å²) in [6.07, 6.45) is 9.22. The van der Waals surface area contributed by atoms with Crippen LogP contribution in [0.1, 0.15) is 65.2 Å². The first-order chi connectivity index (χ1) is 12.7. The van der Waals surface area contributed by atoms with Gasteiger partial charge in [0.1, 0.15) is 0 Å². The zero-order valence-corrected chi connectivity index (χ0v) is 19.7. The zero-order chi connectivity index (χ0) is 18.6. The highest BCUT2D eigenvalue weighted by atomic mass is 127. The van der Waals surface area contributed by atoms with Crippen molar-refractivity contribution in [3.63, 3.8) is 0 Å². The fraction of sp³-hybridized carbons (Fsp3) is 0.900. The molecule has 6 nitrogen and oxygen atoms in total. The number of piperidine rings is 1. The predicted molar refractivity (Wildman–Crippen MR) is 124 cm³/mol. The van der Waals surface area contributed by atoms with Crippen LogP contribution in [0.2, 0.25) is 0 Å². The quantitative estimate of drug-likeness (QED) is 0.213. The summed E-state index contributed by atoms with van der Waals surface area (Å²) in [4.78, 5) is 20.9. The van der Waals surface area contributed by atoms with Crippen LogP contribution in [0.4, 0.5) is 0 Å². The molecule has 0 aromatic carbocycles. The highest BCUT2D eigenvalue weighted by molar-refractivity contribution is 14.0.